The molecule has 0 aromatic heterocycles. The average Bonchev–Trinajstić information content (AvgIpc) is 2.64. The zero-order chi connectivity index (χ0) is 21.1. The first kappa shape index (κ1) is 21.7. The smallest absolute Gasteiger partial charge is 0.330 e. The van der Waals surface area contributed by atoms with Crippen LogP contribution in [0.5, 0.6) is 5.75 Å². The Kier molecular flexibility index (Phi) is 6.64. The Morgan fingerprint density at radius 3 is 2.54 bits per heavy atom. The van der Waals surface area contributed by atoms with Crippen LogP contribution >= 0.6 is 0 Å². The second-order valence-corrected chi connectivity index (χ2v) is 8.01. The molecular formula is C20H27FN2O5. The molecule has 0 aliphatic carbocycles. The predicted octanol–water partition coefficient (Wildman–Crippen LogP) is 2.36. The number of hydrogen-bond donors (Lipinski definition) is 2. The van der Waals surface area contributed by atoms with E-state index < -0.39 is 35.1 Å². The maximum absolute atomic E-state index is 13.9. The average molecular weight is 394 g/mol. The fourth-order valence-electron chi connectivity index (χ4n) is 3.26. The molecule has 2 N–H and O–H groups in total. The van der Waals surface area contributed by atoms with Gasteiger partial charge in [0.05, 0.1) is 13.0 Å². The molecule has 7 nitrogen and oxygen atoms in total. The van der Waals surface area contributed by atoms with Crippen molar-refractivity contribution in [3.63, 3.8) is 0 Å². The second kappa shape index (κ2) is 8.58. The van der Waals surface area contributed by atoms with Crippen LogP contribution in [0.25, 0.3) is 0 Å². The molecule has 1 aromatic rings. The van der Waals surface area contributed by atoms with Crippen molar-refractivity contribution < 1.29 is 28.6 Å². The predicted molar refractivity (Wildman–Crippen MR) is 100 cm³/mol. The summed E-state index contributed by atoms with van der Waals surface area (Å²) in [6.07, 6.45) is 1.22. The molecule has 2 atom stereocenters. The molecule has 1 aliphatic heterocycles. The molecule has 1 aromatic carbocycles. The summed E-state index contributed by atoms with van der Waals surface area (Å²) in [5, 5.41) is 12.0. The SMILES string of the molecule is COc1ccc(C(NC(=O)C2CCCN(C(=O)C(C)(C)C)C2)C(=O)O)cc1F. The number of carboxylic acids is 1. The summed E-state index contributed by atoms with van der Waals surface area (Å²) in [5.74, 6) is -3.03. The standard InChI is InChI=1S/C20H27FN2O5/c1-20(2,3)19(27)23-9-5-6-13(11-23)17(24)22-16(18(25)26)12-7-8-15(28-4)14(21)10-12/h7-8,10,13,16H,5-6,9,11H2,1-4H3,(H,22,24)(H,25,26). The van der Waals surface area contributed by atoms with E-state index in [0.717, 1.165) is 6.07 Å². The highest BCUT2D eigenvalue weighted by molar-refractivity contribution is 5.87. The Morgan fingerprint density at radius 1 is 1.32 bits per heavy atom. The zero-order valence-electron chi connectivity index (χ0n) is 16.6. The fraction of sp³-hybridized carbons (Fsp3) is 0.550. The first-order valence-electron chi connectivity index (χ1n) is 9.20. The highest BCUT2D eigenvalue weighted by Crippen LogP contribution is 2.26. The van der Waals surface area contributed by atoms with Crippen LogP contribution in [0.3, 0.4) is 0 Å². The van der Waals surface area contributed by atoms with E-state index in [1.807, 2.05) is 20.8 Å². The fourth-order valence-corrected chi connectivity index (χ4v) is 3.26. The third kappa shape index (κ3) is 4.99. The molecule has 28 heavy (non-hydrogen) atoms. The summed E-state index contributed by atoms with van der Waals surface area (Å²) < 4.78 is 18.8. The van der Waals surface area contributed by atoms with Gasteiger partial charge in [0.25, 0.3) is 0 Å². The lowest BCUT2D eigenvalue weighted by molar-refractivity contribution is -0.146. The van der Waals surface area contributed by atoms with Gasteiger partial charge in [-0.3, -0.25) is 9.59 Å². The number of carbonyl (C=O) groups excluding carboxylic acids is 2. The first-order chi connectivity index (χ1) is 13.0. The number of nitrogens with zero attached hydrogens (tertiary/aromatic N) is 1. The number of carbonyl (C=O) groups is 3. The molecule has 1 fully saturated rings. The Balaban J connectivity index is 2.13. The lowest BCUT2D eigenvalue weighted by Crippen LogP contribution is -2.49. The first-order valence-corrected chi connectivity index (χ1v) is 9.20. The number of ether oxygens (including phenoxy) is 1. The summed E-state index contributed by atoms with van der Waals surface area (Å²) >= 11 is 0. The molecular weight excluding hydrogens is 367 g/mol. The molecule has 0 bridgehead atoms. The molecule has 154 valence electrons. The highest BCUT2D eigenvalue weighted by Gasteiger charge is 2.35. The monoisotopic (exact) mass is 394 g/mol. The summed E-state index contributed by atoms with van der Waals surface area (Å²) in [7, 11) is 1.31. The number of likely N-dealkylation sites (tertiary alicyclic amines) is 1. The van der Waals surface area contributed by atoms with Gasteiger partial charge in [-0.25, -0.2) is 9.18 Å². The lowest BCUT2D eigenvalue weighted by Gasteiger charge is -2.36. The summed E-state index contributed by atoms with van der Waals surface area (Å²) in [4.78, 5) is 38.5. The van der Waals surface area contributed by atoms with Crippen molar-refractivity contribution in [2.75, 3.05) is 20.2 Å². The van der Waals surface area contributed by atoms with Gasteiger partial charge in [-0.15, -0.1) is 0 Å². The minimum atomic E-state index is -1.39. The number of nitrogens with one attached hydrogen (secondary N) is 1. The van der Waals surface area contributed by atoms with Gasteiger partial charge in [-0.1, -0.05) is 26.8 Å². The van der Waals surface area contributed by atoms with Crippen molar-refractivity contribution >= 4 is 17.8 Å². The van der Waals surface area contributed by atoms with Crippen LogP contribution in [-0.4, -0.2) is 48.0 Å². The van der Waals surface area contributed by atoms with Crippen LogP contribution in [0, 0.1) is 17.2 Å². The highest BCUT2D eigenvalue weighted by atomic mass is 19.1. The van der Waals surface area contributed by atoms with Crippen LogP contribution in [0.2, 0.25) is 0 Å². The van der Waals surface area contributed by atoms with Gasteiger partial charge in [0.1, 0.15) is 0 Å². The van der Waals surface area contributed by atoms with Gasteiger partial charge in [0.15, 0.2) is 17.6 Å². The van der Waals surface area contributed by atoms with Crippen molar-refractivity contribution in [3.05, 3.63) is 29.6 Å². The molecule has 2 rings (SSSR count). The second-order valence-electron chi connectivity index (χ2n) is 8.01. The number of amides is 2. The number of benzene rings is 1. The maximum Gasteiger partial charge on any atom is 0.330 e. The maximum atomic E-state index is 13.9. The molecule has 2 amide bonds. The van der Waals surface area contributed by atoms with E-state index in [2.05, 4.69) is 5.32 Å². The Morgan fingerprint density at radius 2 is 2.00 bits per heavy atom. The van der Waals surface area contributed by atoms with Crippen molar-refractivity contribution in [2.45, 2.75) is 39.7 Å². The van der Waals surface area contributed by atoms with Crippen LogP contribution < -0.4 is 10.1 Å². The number of hydrogen-bond acceptors (Lipinski definition) is 4. The quantitative estimate of drug-likeness (QED) is 0.799. The molecule has 0 spiro atoms. The number of methoxy groups -OCH3 is 1. The normalized spacial score (nSPS) is 18.3. The van der Waals surface area contributed by atoms with E-state index >= 15 is 0 Å². The summed E-state index contributed by atoms with van der Waals surface area (Å²) in [5.41, 5.74) is -0.444. The van der Waals surface area contributed by atoms with Gasteiger partial charge in [0.2, 0.25) is 11.8 Å². The zero-order valence-corrected chi connectivity index (χ0v) is 16.6. The molecule has 1 heterocycles. The summed E-state index contributed by atoms with van der Waals surface area (Å²) in [6, 6.07) is 2.37. The van der Waals surface area contributed by atoms with Crippen molar-refractivity contribution in [2.24, 2.45) is 11.3 Å². The molecule has 1 saturated heterocycles. The van der Waals surface area contributed by atoms with E-state index in [1.54, 1.807) is 4.90 Å². The van der Waals surface area contributed by atoms with E-state index in [0.29, 0.717) is 19.4 Å². The molecule has 1 aliphatic rings. The van der Waals surface area contributed by atoms with Crippen molar-refractivity contribution in [1.29, 1.82) is 0 Å². The van der Waals surface area contributed by atoms with Crippen molar-refractivity contribution in [1.82, 2.24) is 10.2 Å². The largest absolute Gasteiger partial charge is 0.494 e. The van der Waals surface area contributed by atoms with Crippen LogP contribution in [0.1, 0.15) is 45.2 Å². The number of aliphatic carboxylic acids is 1. The van der Waals surface area contributed by atoms with Crippen LogP contribution in [0.15, 0.2) is 18.2 Å². The molecule has 0 saturated carbocycles. The van der Waals surface area contributed by atoms with Gasteiger partial charge in [0, 0.05) is 18.5 Å². The number of piperidine rings is 1. The van der Waals surface area contributed by atoms with E-state index in [1.165, 1.54) is 19.2 Å². The van der Waals surface area contributed by atoms with Gasteiger partial charge in [-0.2, -0.15) is 0 Å². The van der Waals surface area contributed by atoms with Crippen LogP contribution in [0.4, 0.5) is 4.39 Å². The van der Waals surface area contributed by atoms with Gasteiger partial charge < -0.3 is 20.1 Å². The Bertz CT molecular complexity index is 759. The van der Waals surface area contributed by atoms with Gasteiger partial charge in [-0.05, 0) is 30.5 Å². The third-order valence-electron chi connectivity index (χ3n) is 4.76. The minimum Gasteiger partial charge on any atom is -0.494 e. The van der Waals surface area contributed by atoms with Crippen LogP contribution in [-0.2, 0) is 14.4 Å². The van der Waals surface area contributed by atoms with E-state index in [-0.39, 0.29) is 23.8 Å². The Labute approximate surface area is 163 Å². The molecule has 2 unspecified atom stereocenters. The Hall–Kier alpha value is -2.64. The lowest BCUT2D eigenvalue weighted by atomic mass is 9.90. The number of halogens is 1. The topological polar surface area (TPSA) is 95.9 Å². The summed E-state index contributed by atoms with van der Waals surface area (Å²) in [6.45, 7) is 6.27. The molecule has 8 heteroatoms. The van der Waals surface area contributed by atoms with E-state index in [9.17, 15) is 23.9 Å². The number of rotatable bonds is 5. The van der Waals surface area contributed by atoms with E-state index in [4.69, 9.17) is 4.74 Å². The van der Waals surface area contributed by atoms with Crippen molar-refractivity contribution in [3.8, 4) is 5.75 Å². The van der Waals surface area contributed by atoms with Gasteiger partial charge >= 0.3 is 5.97 Å². The molecule has 0 radical (unpaired) electrons. The third-order valence-corrected chi connectivity index (χ3v) is 4.76. The minimum absolute atomic E-state index is 0.0113. The number of carboxylic acid groups (broad SMARTS) is 1.